The number of hydrogen-bond acceptors (Lipinski definition) is 5. The number of aliphatic carboxylic acids is 1. The van der Waals surface area contributed by atoms with Crippen LogP contribution in [0.2, 0.25) is 0 Å². The summed E-state index contributed by atoms with van der Waals surface area (Å²) in [5.41, 5.74) is 1.67. The second kappa shape index (κ2) is 6.06. The number of carboxylic acid groups (broad SMARTS) is 1. The minimum atomic E-state index is -0.807. The van der Waals surface area contributed by atoms with Crippen LogP contribution in [0.25, 0.3) is 10.2 Å². The lowest BCUT2D eigenvalue weighted by Gasteiger charge is -2.33. The van der Waals surface area contributed by atoms with Crippen molar-refractivity contribution in [3.8, 4) is 0 Å². The van der Waals surface area contributed by atoms with Crippen molar-refractivity contribution in [1.82, 2.24) is 9.97 Å². The van der Waals surface area contributed by atoms with Crippen LogP contribution in [0.3, 0.4) is 0 Å². The lowest BCUT2D eigenvalue weighted by atomic mass is 9.72. The van der Waals surface area contributed by atoms with E-state index in [1.807, 2.05) is 0 Å². The SMILES string of the molecule is CC(Sc1ncnc2sc3c(c12)CCC(C(C)(C)C)C3)C(=O)O. The van der Waals surface area contributed by atoms with E-state index in [0.29, 0.717) is 11.3 Å². The van der Waals surface area contributed by atoms with E-state index in [0.717, 1.165) is 28.1 Å². The summed E-state index contributed by atoms with van der Waals surface area (Å²) in [6, 6.07) is 0. The minimum absolute atomic E-state index is 0.314. The number of aryl methyl sites for hydroxylation is 1. The van der Waals surface area contributed by atoms with E-state index >= 15 is 0 Å². The highest BCUT2D eigenvalue weighted by Gasteiger charge is 2.32. The van der Waals surface area contributed by atoms with Crippen LogP contribution in [0.15, 0.2) is 11.4 Å². The highest BCUT2D eigenvalue weighted by molar-refractivity contribution is 8.00. The lowest BCUT2D eigenvalue weighted by molar-refractivity contribution is -0.136. The van der Waals surface area contributed by atoms with Gasteiger partial charge in [0.05, 0.1) is 0 Å². The first-order chi connectivity index (χ1) is 10.8. The third kappa shape index (κ3) is 3.24. The first kappa shape index (κ1) is 16.7. The van der Waals surface area contributed by atoms with Gasteiger partial charge in [0.15, 0.2) is 0 Å². The van der Waals surface area contributed by atoms with Gasteiger partial charge in [-0.25, -0.2) is 9.97 Å². The molecule has 0 saturated heterocycles. The van der Waals surface area contributed by atoms with E-state index in [1.54, 1.807) is 24.6 Å². The van der Waals surface area contributed by atoms with Crippen LogP contribution in [0, 0.1) is 11.3 Å². The fourth-order valence-electron chi connectivity index (χ4n) is 3.13. The van der Waals surface area contributed by atoms with Crippen molar-refractivity contribution < 1.29 is 9.90 Å². The molecule has 0 bridgehead atoms. The molecular weight excluding hydrogens is 328 g/mol. The third-order valence-corrected chi connectivity index (χ3v) is 6.92. The molecule has 23 heavy (non-hydrogen) atoms. The normalized spacial score (nSPS) is 19.6. The van der Waals surface area contributed by atoms with Gasteiger partial charge >= 0.3 is 5.97 Å². The molecule has 1 aliphatic rings. The Balaban J connectivity index is 2.01. The van der Waals surface area contributed by atoms with E-state index in [1.165, 1.54) is 28.6 Å². The summed E-state index contributed by atoms with van der Waals surface area (Å²) in [6.07, 6.45) is 4.87. The number of thiophene rings is 1. The topological polar surface area (TPSA) is 63.1 Å². The van der Waals surface area contributed by atoms with Crippen LogP contribution in [-0.4, -0.2) is 26.3 Å². The summed E-state index contributed by atoms with van der Waals surface area (Å²) in [6.45, 7) is 8.64. The Labute approximate surface area is 144 Å². The number of nitrogens with zero attached hydrogens (tertiary/aromatic N) is 2. The van der Waals surface area contributed by atoms with E-state index in [2.05, 4.69) is 30.7 Å². The monoisotopic (exact) mass is 350 g/mol. The summed E-state index contributed by atoms with van der Waals surface area (Å²) in [5, 5.41) is 10.6. The van der Waals surface area contributed by atoms with Crippen LogP contribution in [-0.2, 0) is 17.6 Å². The van der Waals surface area contributed by atoms with E-state index < -0.39 is 11.2 Å². The lowest BCUT2D eigenvalue weighted by Crippen LogP contribution is -2.26. The first-order valence-corrected chi connectivity index (χ1v) is 9.61. The maximum absolute atomic E-state index is 11.2. The van der Waals surface area contributed by atoms with Crippen molar-refractivity contribution in [3.63, 3.8) is 0 Å². The number of carboxylic acids is 1. The van der Waals surface area contributed by atoms with Crippen molar-refractivity contribution >= 4 is 39.3 Å². The summed E-state index contributed by atoms with van der Waals surface area (Å²) in [5.74, 6) is -0.122. The third-order valence-electron chi connectivity index (χ3n) is 4.67. The summed E-state index contributed by atoms with van der Waals surface area (Å²) < 4.78 is 0. The van der Waals surface area contributed by atoms with Gasteiger partial charge in [-0.3, -0.25) is 4.79 Å². The predicted octanol–water partition coefficient (Wildman–Crippen LogP) is 4.41. The number of aromatic nitrogens is 2. The van der Waals surface area contributed by atoms with Gasteiger partial charge in [-0.05, 0) is 43.1 Å². The maximum atomic E-state index is 11.2. The molecule has 1 N–H and O–H groups in total. The van der Waals surface area contributed by atoms with Crippen molar-refractivity contribution in [3.05, 3.63) is 16.8 Å². The number of hydrogen-bond donors (Lipinski definition) is 1. The Morgan fingerprint density at radius 1 is 1.43 bits per heavy atom. The molecule has 0 radical (unpaired) electrons. The van der Waals surface area contributed by atoms with Gasteiger partial charge in [0, 0.05) is 10.3 Å². The molecule has 0 saturated carbocycles. The Morgan fingerprint density at radius 3 is 2.83 bits per heavy atom. The smallest absolute Gasteiger partial charge is 0.316 e. The van der Waals surface area contributed by atoms with Gasteiger partial charge in [-0.1, -0.05) is 32.5 Å². The Kier molecular flexibility index (Phi) is 4.40. The van der Waals surface area contributed by atoms with E-state index in [9.17, 15) is 4.79 Å². The van der Waals surface area contributed by atoms with Gasteiger partial charge in [-0.15, -0.1) is 11.3 Å². The van der Waals surface area contributed by atoms with Gasteiger partial charge < -0.3 is 5.11 Å². The van der Waals surface area contributed by atoms with Crippen molar-refractivity contribution in [2.75, 3.05) is 0 Å². The molecule has 0 amide bonds. The summed E-state index contributed by atoms with van der Waals surface area (Å²) >= 11 is 3.08. The van der Waals surface area contributed by atoms with Crippen molar-refractivity contribution in [1.29, 1.82) is 0 Å². The van der Waals surface area contributed by atoms with Gasteiger partial charge in [-0.2, -0.15) is 0 Å². The molecule has 0 fully saturated rings. The molecule has 6 heteroatoms. The second-order valence-corrected chi connectivity index (χ2v) is 9.68. The predicted molar refractivity (Wildman–Crippen MR) is 95.3 cm³/mol. The molecule has 3 rings (SSSR count). The fourth-order valence-corrected chi connectivity index (χ4v) is 5.34. The zero-order valence-electron chi connectivity index (χ0n) is 13.9. The van der Waals surface area contributed by atoms with Crippen LogP contribution < -0.4 is 0 Å². The molecule has 0 aliphatic heterocycles. The molecule has 0 spiro atoms. The van der Waals surface area contributed by atoms with E-state index in [4.69, 9.17) is 5.11 Å². The van der Waals surface area contributed by atoms with Crippen LogP contribution >= 0.6 is 23.1 Å². The molecule has 1 aliphatic carbocycles. The average molecular weight is 351 g/mol. The molecule has 2 heterocycles. The molecule has 2 aromatic heterocycles. The number of thioether (sulfide) groups is 1. The maximum Gasteiger partial charge on any atom is 0.316 e. The van der Waals surface area contributed by atoms with Gasteiger partial charge in [0.2, 0.25) is 0 Å². The van der Waals surface area contributed by atoms with Crippen molar-refractivity contribution in [2.45, 2.75) is 57.2 Å². The molecule has 124 valence electrons. The number of rotatable bonds is 3. The van der Waals surface area contributed by atoms with Crippen LogP contribution in [0.5, 0.6) is 0 Å². The minimum Gasteiger partial charge on any atom is -0.480 e. The summed E-state index contributed by atoms with van der Waals surface area (Å²) in [4.78, 5) is 22.4. The molecule has 0 aromatic carbocycles. The molecular formula is C17H22N2O2S2. The fraction of sp³-hybridized carbons (Fsp3) is 0.588. The largest absolute Gasteiger partial charge is 0.480 e. The zero-order chi connectivity index (χ0) is 16.8. The second-order valence-electron chi connectivity index (χ2n) is 7.27. The zero-order valence-corrected chi connectivity index (χ0v) is 15.6. The molecule has 2 atom stereocenters. The number of carbonyl (C=O) groups is 1. The Morgan fingerprint density at radius 2 is 2.17 bits per heavy atom. The molecule has 2 aromatic rings. The Bertz CT molecular complexity index is 749. The Hall–Kier alpha value is -1.14. The first-order valence-electron chi connectivity index (χ1n) is 7.92. The highest BCUT2D eigenvalue weighted by atomic mass is 32.2. The highest BCUT2D eigenvalue weighted by Crippen LogP contribution is 2.44. The van der Waals surface area contributed by atoms with Gasteiger partial charge in [0.1, 0.15) is 21.4 Å². The van der Waals surface area contributed by atoms with Crippen molar-refractivity contribution in [2.24, 2.45) is 11.3 Å². The van der Waals surface area contributed by atoms with E-state index in [-0.39, 0.29) is 0 Å². The van der Waals surface area contributed by atoms with Gasteiger partial charge in [0.25, 0.3) is 0 Å². The average Bonchev–Trinajstić information content (AvgIpc) is 2.84. The van der Waals surface area contributed by atoms with Crippen LogP contribution in [0.1, 0.15) is 44.6 Å². The standard InChI is InChI=1S/C17H22N2O2S2/c1-9(16(20)21)22-14-13-11-6-5-10(17(2,3)4)7-12(11)23-15(13)19-8-18-14/h8-10H,5-7H2,1-4H3,(H,20,21). The summed E-state index contributed by atoms with van der Waals surface area (Å²) in [7, 11) is 0. The molecule has 4 nitrogen and oxygen atoms in total. The van der Waals surface area contributed by atoms with Crippen LogP contribution in [0.4, 0.5) is 0 Å². The number of fused-ring (bicyclic) bond motifs is 3. The molecule has 2 unspecified atom stereocenters. The quantitative estimate of drug-likeness (QED) is 0.656.